The lowest BCUT2D eigenvalue weighted by Gasteiger charge is -2.26. The molecule has 5 rings (SSSR count). The Morgan fingerprint density at radius 2 is 1.89 bits per heavy atom. The molecule has 4 heterocycles. The van der Waals surface area contributed by atoms with Crippen LogP contribution in [0, 0.1) is 25.8 Å². The van der Waals surface area contributed by atoms with Crippen LogP contribution in [-0.2, 0) is 4.79 Å². The quantitative estimate of drug-likeness (QED) is 0.274. The Labute approximate surface area is 263 Å². The minimum atomic E-state index is -0.446. The third-order valence-corrected chi connectivity index (χ3v) is 7.72. The number of ether oxygens (including phenoxy) is 1. The highest BCUT2D eigenvalue weighted by molar-refractivity contribution is 6.04. The number of carbonyl (C=O) groups excluding carboxylic acids is 3. The summed E-state index contributed by atoms with van der Waals surface area (Å²) >= 11 is 0. The van der Waals surface area contributed by atoms with Gasteiger partial charge in [0.05, 0.1) is 24.0 Å². The van der Waals surface area contributed by atoms with Crippen molar-refractivity contribution in [3.63, 3.8) is 0 Å². The molecule has 1 aliphatic heterocycles. The zero-order valence-electron chi connectivity index (χ0n) is 26.0. The smallest absolute Gasteiger partial charge is 0.275 e. The molecule has 1 N–H and O–H groups in total. The summed E-state index contributed by atoms with van der Waals surface area (Å²) in [5.41, 5.74) is 3.95. The number of nitrogens with zero attached hydrogens (tertiary/aromatic N) is 6. The van der Waals surface area contributed by atoms with Crippen LogP contribution in [-0.4, -0.2) is 87.6 Å². The van der Waals surface area contributed by atoms with E-state index in [4.69, 9.17) is 9.72 Å². The summed E-state index contributed by atoms with van der Waals surface area (Å²) in [4.78, 5) is 56.0. The molecule has 0 saturated heterocycles. The Kier molecular flexibility index (Phi) is 9.54. The van der Waals surface area contributed by atoms with Crippen molar-refractivity contribution >= 4 is 23.5 Å². The van der Waals surface area contributed by atoms with Crippen molar-refractivity contribution in [2.24, 2.45) is 0 Å². The SMILES string of the molecule is C=CC(=O)N1C#CCN(CC(Oc2cnc(C(=O)Nc3ncc(C(=O)N(C)C)cc3C)c(C)c2)c2ccc(C3CC3)cn2)CC1. The van der Waals surface area contributed by atoms with Gasteiger partial charge in [0.15, 0.2) is 6.10 Å². The van der Waals surface area contributed by atoms with Crippen LogP contribution in [0.5, 0.6) is 5.75 Å². The second kappa shape index (κ2) is 13.7. The predicted octanol–water partition coefficient (Wildman–Crippen LogP) is 3.73. The van der Waals surface area contributed by atoms with Gasteiger partial charge in [0, 0.05) is 52.2 Å². The maximum Gasteiger partial charge on any atom is 0.275 e. The Morgan fingerprint density at radius 1 is 1.09 bits per heavy atom. The molecule has 0 radical (unpaired) electrons. The van der Waals surface area contributed by atoms with E-state index in [9.17, 15) is 14.4 Å². The molecule has 1 fully saturated rings. The lowest BCUT2D eigenvalue weighted by molar-refractivity contribution is -0.123. The van der Waals surface area contributed by atoms with Crippen LogP contribution in [0.15, 0.2) is 55.5 Å². The fraction of sp³-hybridized carbons (Fsp3) is 0.353. The topological polar surface area (TPSA) is 121 Å². The number of hydrogen-bond acceptors (Lipinski definition) is 8. The molecule has 0 aromatic carbocycles. The van der Waals surface area contributed by atoms with Crippen LogP contribution in [0.3, 0.4) is 0 Å². The second-order valence-electron chi connectivity index (χ2n) is 11.5. The number of carbonyl (C=O) groups is 3. The summed E-state index contributed by atoms with van der Waals surface area (Å²) < 4.78 is 6.47. The number of rotatable bonds is 10. The molecule has 3 aromatic heterocycles. The van der Waals surface area contributed by atoms with E-state index in [2.05, 4.69) is 44.8 Å². The molecular formula is C34H37N7O4. The van der Waals surface area contributed by atoms with Crippen LogP contribution in [0.2, 0.25) is 0 Å². The molecule has 1 saturated carbocycles. The second-order valence-corrected chi connectivity index (χ2v) is 11.5. The number of pyridine rings is 3. The molecular weight excluding hydrogens is 570 g/mol. The van der Waals surface area contributed by atoms with Crippen molar-refractivity contribution in [1.82, 2.24) is 29.7 Å². The van der Waals surface area contributed by atoms with Crippen molar-refractivity contribution in [2.45, 2.75) is 38.7 Å². The molecule has 0 bridgehead atoms. The molecule has 45 heavy (non-hydrogen) atoms. The van der Waals surface area contributed by atoms with Gasteiger partial charge in [0.2, 0.25) is 0 Å². The summed E-state index contributed by atoms with van der Waals surface area (Å²) in [6.45, 7) is 9.13. The normalized spacial score (nSPS) is 15.2. The zero-order valence-corrected chi connectivity index (χ0v) is 26.0. The van der Waals surface area contributed by atoms with Gasteiger partial charge in [-0.25, -0.2) is 9.97 Å². The number of nitrogens with one attached hydrogen (secondary N) is 1. The summed E-state index contributed by atoms with van der Waals surface area (Å²) in [6, 6.07) is 10.5. The predicted molar refractivity (Wildman–Crippen MR) is 170 cm³/mol. The fourth-order valence-electron chi connectivity index (χ4n) is 5.00. The number of amides is 3. The van der Waals surface area contributed by atoms with Gasteiger partial charge < -0.3 is 15.0 Å². The number of aromatic nitrogens is 3. The van der Waals surface area contributed by atoms with Crippen molar-refractivity contribution in [3.05, 3.63) is 89.2 Å². The van der Waals surface area contributed by atoms with Gasteiger partial charge in [-0.3, -0.25) is 29.2 Å². The van der Waals surface area contributed by atoms with Crippen LogP contribution in [0.4, 0.5) is 5.82 Å². The molecule has 3 amide bonds. The van der Waals surface area contributed by atoms with Gasteiger partial charge in [0.1, 0.15) is 17.3 Å². The molecule has 232 valence electrons. The zero-order chi connectivity index (χ0) is 32.1. The fourth-order valence-corrected chi connectivity index (χ4v) is 5.00. The van der Waals surface area contributed by atoms with E-state index >= 15 is 0 Å². The van der Waals surface area contributed by atoms with E-state index in [0.29, 0.717) is 60.4 Å². The first-order valence-electron chi connectivity index (χ1n) is 14.9. The number of anilines is 1. The van der Waals surface area contributed by atoms with Crippen LogP contribution in [0.25, 0.3) is 0 Å². The summed E-state index contributed by atoms with van der Waals surface area (Å²) in [6.07, 6.45) is 8.09. The first-order valence-corrected chi connectivity index (χ1v) is 14.9. The van der Waals surface area contributed by atoms with E-state index in [-0.39, 0.29) is 17.5 Å². The summed E-state index contributed by atoms with van der Waals surface area (Å²) in [7, 11) is 3.34. The Balaban J connectivity index is 1.31. The van der Waals surface area contributed by atoms with Gasteiger partial charge in [-0.05, 0) is 73.6 Å². The molecule has 11 heteroatoms. The molecule has 0 spiro atoms. The van der Waals surface area contributed by atoms with E-state index in [1.54, 1.807) is 40.1 Å². The van der Waals surface area contributed by atoms with Crippen molar-refractivity contribution < 1.29 is 19.1 Å². The molecule has 1 aliphatic carbocycles. The molecule has 1 atom stereocenters. The maximum atomic E-state index is 13.2. The minimum absolute atomic E-state index is 0.169. The van der Waals surface area contributed by atoms with Gasteiger partial charge in [-0.15, -0.1) is 0 Å². The van der Waals surface area contributed by atoms with E-state index in [1.165, 1.54) is 46.7 Å². The molecule has 2 aliphatic rings. The Hall–Kier alpha value is -5.08. The van der Waals surface area contributed by atoms with Crippen molar-refractivity contribution in [2.75, 3.05) is 45.6 Å². The van der Waals surface area contributed by atoms with Crippen molar-refractivity contribution in [1.29, 1.82) is 0 Å². The van der Waals surface area contributed by atoms with Crippen LogP contribution in [0.1, 0.15) is 68.1 Å². The molecule has 1 unspecified atom stereocenters. The average Bonchev–Trinajstić information content (AvgIpc) is 3.89. The number of hydrogen-bond donors (Lipinski definition) is 1. The van der Waals surface area contributed by atoms with Gasteiger partial charge in [-0.1, -0.05) is 18.6 Å². The summed E-state index contributed by atoms with van der Waals surface area (Å²) in [5.74, 6) is 3.68. The van der Waals surface area contributed by atoms with Crippen LogP contribution < -0.4 is 10.1 Å². The Bertz CT molecular complexity index is 1670. The lowest BCUT2D eigenvalue weighted by atomic mass is 10.1. The van der Waals surface area contributed by atoms with Gasteiger partial charge in [0.25, 0.3) is 17.7 Å². The first kappa shape index (κ1) is 31.3. The average molecular weight is 608 g/mol. The van der Waals surface area contributed by atoms with E-state index < -0.39 is 12.0 Å². The highest BCUT2D eigenvalue weighted by atomic mass is 16.5. The highest BCUT2D eigenvalue weighted by Crippen LogP contribution is 2.40. The van der Waals surface area contributed by atoms with Gasteiger partial charge in [-0.2, -0.15) is 0 Å². The third-order valence-electron chi connectivity index (χ3n) is 7.72. The van der Waals surface area contributed by atoms with E-state index in [0.717, 1.165) is 5.69 Å². The minimum Gasteiger partial charge on any atom is -0.481 e. The Morgan fingerprint density at radius 3 is 2.53 bits per heavy atom. The molecule has 3 aromatic rings. The monoisotopic (exact) mass is 607 g/mol. The summed E-state index contributed by atoms with van der Waals surface area (Å²) in [5, 5.41) is 2.80. The first-order chi connectivity index (χ1) is 21.6. The third kappa shape index (κ3) is 7.72. The highest BCUT2D eigenvalue weighted by Gasteiger charge is 2.26. The van der Waals surface area contributed by atoms with Gasteiger partial charge >= 0.3 is 0 Å². The lowest BCUT2D eigenvalue weighted by Crippen LogP contribution is -2.36. The standard InChI is InChI=1S/C34H37N7O4/c1-6-30(42)41-13-7-12-40(14-15-41)21-29(28-11-10-25(18-35-28)24-8-9-24)45-27-17-22(2)31(36-20-27)33(43)38-32-23(3)16-26(19-37-32)34(44)39(4)5/h6,10-11,16-20,24,29H,1,8-9,12,14-15,21H2,2-5H3,(H,37,38,43). The van der Waals surface area contributed by atoms with E-state index in [1.807, 2.05) is 12.3 Å². The number of aryl methyl sites for hydroxylation is 2. The maximum absolute atomic E-state index is 13.2. The molecule has 11 nitrogen and oxygen atoms in total. The van der Waals surface area contributed by atoms with Crippen molar-refractivity contribution in [3.8, 4) is 17.7 Å². The largest absolute Gasteiger partial charge is 0.481 e. The van der Waals surface area contributed by atoms with Crippen LogP contribution >= 0.6 is 0 Å².